The molecule has 0 bridgehead atoms. The minimum absolute atomic E-state index is 0.118. The maximum Gasteiger partial charge on any atom is 0.378 e. The molecule has 0 atom stereocenters. The Labute approximate surface area is 83.0 Å². The predicted molar refractivity (Wildman–Crippen MR) is 54.7 cm³/mol. The van der Waals surface area contributed by atoms with Crippen LogP contribution in [0.15, 0.2) is 0 Å². The van der Waals surface area contributed by atoms with Crippen LogP contribution in [0.5, 0.6) is 0 Å². The second-order valence-corrected chi connectivity index (χ2v) is 3.14. The van der Waals surface area contributed by atoms with Gasteiger partial charge in [-0.3, -0.25) is 0 Å². The largest absolute Gasteiger partial charge is 0.394 e. The second-order valence-electron chi connectivity index (χ2n) is 3.14. The molecule has 0 saturated carbocycles. The Kier molecular flexibility index (Phi) is 2.82. The molecule has 6 heteroatoms. The van der Waals surface area contributed by atoms with E-state index >= 15 is 0 Å². The Morgan fingerprint density at radius 3 is 1.64 bits per heavy atom. The van der Waals surface area contributed by atoms with E-state index in [9.17, 15) is 0 Å². The third kappa shape index (κ3) is 2.07. The fraction of sp³-hybridized carbons (Fsp3) is 0.500. The lowest BCUT2D eigenvalue weighted by atomic mass is 10.7. The van der Waals surface area contributed by atoms with Gasteiger partial charge in [0.2, 0.25) is 0 Å². The van der Waals surface area contributed by atoms with Crippen molar-refractivity contribution in [3.8, 4) is 0 Å². The maximum absolute atomic E-state index is 6.85. The first-order valence-corrected chi connectivity index (χ1v) is 4.02. The van der Waals surface area contributed by atoms with Gasteiger partial charge in [-0.25, -0.2) is 0 Å². The summed E-state index contributed by atoms with van der Waals surface area (Å²) in [7, 11) is 7.29. The zero-order valence-corrected chi connectivity index (χ0v) is 8.68. The highest BCUT2D eigenvalue weighted by molar-refractivity contribution is 5.43. The van der Waals surface area contributed by atoms with Crippen LogP contribution in [0.2, 0.25) is 0 Å². The summed E-state index contributed by atoms with van der Waals surface area (Å²) in [6.45, 7) is 6.85. The molecular formula is C8H12N6. The molecule has 0 aliphatic carbocycles. The fourth-order valence-corrected chi connectivity index (χ4v) is 0.793. The number of nitrogens with zero attached hydrogens (tertiary/aromatic N) is 6. The van der Waals surface area contributed by atoms with E-state index in [1.54, 1.807) is 9.80 Å². The molecule has 1 aromatic rings. The SMILES string of the molecule is [C-]#[N+]c1nc(N(C)C)nc(N(C)C)n1. The fourth-order valence-electron chi connectivity index (χ4n) is 0.793. The summed E-state index contributed by atoms with van der Waals surface area (Å²) >= 11 is 0. The monoisotopic (exact) mass is 192 g/mol. The molecule has 74 valence electrons. The van der Waals surface area contributed by atoms with Crippen LogP contribution in [0.3, 0.4) is 0 Å². The van der Waals surface area contributed by atoms with Crippen LogP contribution in [-0.2, 0) is 0 Å². The summed E-state index contributed by atoms with van der Waals surface area (Å²) in [6, 6.07) is 0. The molecule has 14 heavy (non-hydrogen) atoms. The molecule has 0 aromatic carbocycles. The zero-order valence-electron chi connectivity index (χ0n) is 8.68. The third-order valence-corrected chi connectivity index (χ3v) is 1.50. The van der Waals surface area contributed by atoms with Crippen molar-refractivity contribution in [3.63, 3.8) is 0 Å². The highest BCUT2D eigenvalue weighted by Crippen LogP contribution is 2.14. The van der Waals surface area contributed by atoms with Crippen molar-refractivity contribution < 1.29 is 0 Å². The summed E-state index contributed by atoms with van der Waals surface area (Å²) in [5.41, 5.74) is 0. The smallest absolute Gasteiger partial charge is 0.378 e. The molecule has 0 N–H and O–H groups in total. The number of aromatic nitrogens is 3. The molecule has 0 saturated heterocycles. The Hall–Kier alpha value is -1.90. The van der Waals surface area contributed by atoms with Gasteiger partial charge >= 0.3 is 5.95 Å². The van der Waals surface area contributed by atoms with Crippen LogP contribution in [0.1, 0.15) is 0 Å². The molecule has 0 radical (unpaired) electrons. The molecule has 1 heterocycles. The van der Waals surface area contributed by atoms with Crippen molar-refractivity contribution in [2.75, 3.05) is 38.0 Å². The Bertz CT molecular complexity index is 338. The van der Waals surface area contributed by atoms with Gasteiger partial charge in [-0.05, 0) is 0 Å². The van der Waals surface area contributed by atoms with E-state index in [1.165, 1.54) is 0 Å². The van der Waals surface area contributed by atoms with Crippen molar-refractivity contribution in [1.29, 1.82) is 0 Å². The van der Waals surface area contributed by atoms with Crippen LogP contribution in [0.25, 0.3) is 4.85 Å². The molecule has 1 rings (SSSR count). The number of anilines is 2. The quantitative estimate of drug-likeness (QED) is 0.640. The number of rotatable bonds is 2. The molecular weight excluding hydrogens is 180 g/mol. The van der Waals surface area contributed by atoms with Gasteiger partial charge in [-0.15, -0.1) is 21.5 Å². The summed E-state index contributed by atoms with van der Waals surface area (Å²) in [6.07, 6.45) is 0. The Morgan fingerprint density at radius 2 is 1.36 bits per heavy atom. The standard InChI is InChI=1S/C8H12N6/c1-9-6-10-7(13(2)3)12-8(11-6)14(4)5/h2-5H3. The highest BCUT2D eigenvalue weighted by Gasteiger charge is 2.12. The summed E-state index contributed by atoms with van der Waals surface area (Å²) in [5.74, 6) is 1.11. The van der Waals surface area contributed by atoms with Crippen molar-refractivity contribution in [2.24, 2.45) is 0 Å². The van der Waals surface area contributed by atoms with Crippen LogP contribution in [0.4, 0.5) is 17.8 Å². The third-order valence-electron chi connectivity index (χ3n) is 1.50. The van der Waals surface area contributed by atoms with E-state index in [0.717, 1.165) is 0 Å². The predicted octanol–water partition coefficient (Wildman–Crippen LogP) is 0.554. The highest BCUT2D eigenvalue weighted by atomic mass is 15.3. The minimum atomic E-state index is 0.118. The summed E-state index contributed by atoms with van der Waals surface area (Å²) < 4.78 is 0. The first kappa shape index (κ1) is 10.2. The van der Waals surface area contributed by atoms with E-state index in [-0.39, 0.29) is 5.95 Å². The van der Waals surface area contributed by atoms with Gasteiger partial charge in [0.05, 0.1) is 0 Å². The normalized spacial score (nSPS) is 9.36. The topological polar surface area (TPSA) is 49.5 Å². The zero-order chi connectivity index (χ0) is 10.7. The van der Waals surface area contributed by atoms with Crippen LogP contribution in [0, 0.1) is 6.57 Å². The van der Waals surface area contributed by atoms with Crippen molar-refractivity contribution in [3.05, 3.63) is 11.4 Å². The molecule has 1 aromatic heterocycles. The molecule has 6 nitrogen and oxygen atoms in total. The lowest BCUT2D eigenvalue weighted by molar-refractivity contribution is 0.926. The van der Waals surface area contributed by atoms with Crippen molar-refractivity contribution in [2.45, 2.75) is 0 Å². The molecule has 0 fully saturated rings. The maximum atomic E-state index is 6.85. The van der Waals surface area contributed by atoms with E-state index in [2.05, 4.69) is 19.8 Å². The average molecular weight is 192 g/mol. The van der Waals surface area contributed by atoms with Crippen LogP contribution in [-0.4, -0.2) is 43.1 Å². The van der Waals surface area contributed by atoms with Crippen molar-refractivity contribution >= 4 is 17.8 Å². The molecule has 0 amide bonds. The van der Waals surface area contributed by atoms with Crippen LogP contribution < -0.4 is 9.80 Å². The van der Waals surface area contributed by atoms with Crippen molar-refractivity contribution in [1.82, 2.24) is 15.0 Å². The van der Waals surface area contributed by atoms with Gasteiger partial charge in [0.25, 0.3) is 11.9 Å². The first-order chi connectivity index (χ1) is 6.54. The van der Waals surface area contributed by atoms with Gasteiger partial charge in [0.1, 0.15) is 0 Å². The van der Waals surface area contributed by atoms with Gasteiger partial charge in [0, 0.05) is 28.2 Å². The van der Waals surface area contributed by atoms with E-state index < -0.39 is 0 Å². The minimum Gasteiger partial charge on any atom is -0.394 e. The number of hydrogen-bond donors (Lipinski definition) is 0. The van der Waals surface area contributed by atoms with E-state index in [1.807, 2.05) is 28.2 Å². The van der Waals surface area contributed by atoms with Crippen LogP contribution >= 0.6 is 0 Å². The molecule has 0 spiro atoms. The van der Waals surface area contributed by atoms with E-state index in [4.69, 9.17) is 6.57 Å². The van der Waals surface area contributed by atoms with Gasteiger partial charge in [0.15, 0.2) is 0 Å². The van der Waals surface area contributed by atoms with Gasteiger partial charge < -0.3 is 14.6 Å². The first-order valence-electron chi connectivity index (χ1n) is 4.02. The van der Waals surface area contributed by atoms with Gasteiger partial charge in [-0.1, -0.05) is 0 Å². The number of hydrogen-bond acceptors (Lipinski definition) is 5. The molecule has 0 aliphatic rings. The second kappa shape index (κ2) is 3.87. The van der Waals surface area contributed by atoms with E-state index in [0.29, 0.717) is 11.9 Å². The van der Waals surface area contributed by atoms with Gasteiger partial charge in [-0.2, -0.15) is 0 Å². The lowest BCUT2D eigenvalue weighted by Gasteiger charge is -2.11. The molecule has 0 unspecified atom stereocenters. The summed E-state index contributed by atoms with van der Waals surface area (Å²) in [5, 5.41) is 0. The summed E-state index contributed by atoms with van der Waals surface area (Å²) in [4.78, 5) is 18.8. The average Bonchev–Trinajstić information content (AvgIpc) is 2.16. The Morgan fingerprint density at radius 1 is 0.929 bits per heavy atom. The lowest BCUT2D eigenvalue weighted by Crippen LogP contribution is -2.18. The Balaban J connectivity index is 3.22. The molecule has 0 aliphatic heterocycles.